The number of aryl methyl sites for hydroxylation is 1. The summed E-state index contributed by atoms with van der Waals surface area (Å²) in [5.74, 6) is 2.67. The van der Waals surface area contributed by atoms with Crippen molar-refractivity contribution in [1.82, 2.24) is 10.2 Å². The highest BCUT2D eigenvalue weighted by molar-refractivity contribution is 7.99. The molecular weight excluding hydrogens is 196 g/mol. The van der Waals surface area contributed by atoms with E-state index in [1.165, 1.54) is 0 Å². The van der Waals surface area contributed by atoms with Crippen LogP contribution in [-0.2, 0) is 0 Å². The van der Waals surface area contributed by atoms with Crippen molar-refractivity contribution in [3.05, 3.63) is 5.89 Å². The van der Waals surface area contributed by atoms with E-state index in [-0.39, 0.29) is 0 Å². The number of hydrogen-bond donors (Lipinski definition) is 0. The van der Waals surface area contributed by atoms with E-state index >= 15 is 0 Å². The standard InChI is InChI=1S/C7H11ClN2OS/c1-5(3-8)4-12-7-10-9-6(2)11-7/h5H,3-4H2,1-2H3. The van der Waals surface area contributed by atoms with Gasteiger partial charge in [-0.25, -0.2) is 0 Å². The lowest BCUT2D eigenvalue weighted by atomic mass is 10.3. The SMILES string of the molecule is Cc1nnc(SCC(C)CCl)o1. The van der Waals surface area contributed by atoms with Gasteiger partial charge in [0.05, 0.1) is 0 Å². The number of alkyl halides is 1. The molecule has 0 fully saturated rings. The largest absolute Gasteiger partial charge is 0.416 e. The molecule has 0 amide bonds. The molecule has 12 heavy (non-hydrogen) atoms. The average Bonchev–Trinajstić information content (AvgIpc) is 2.47. The molecular formula is C7H11ClN2OS. The van der Waals surface area contributed by atoms with E-state index in [0.29, 0.717) is 22.9 Å². The molecule has 1 unspecified atom stereocenters. The lowest BCUT2D eigenvalue weighted by molar-refractivity contribution is 0.429. The molecule has 0 saturated heterocycles. The third-order valence-electron chi connectivity index (χ3n) is 1.26. The molecule has 1 aromatic heterocycles. The normalized spacial score (nSPS) is 13.2. The van der Waals surface area contributed by atoms with Crippen molar-refractivity contribution in [2.24, 2.45) is 5.92 Å². The van der Waals surface area contributed by atoms with Crippen molar-refractivity contribution in [3.8, 4) is 0 Å². The molecule has 1 aromatic rings. The van der Waals surface area contributed by atoms with E-state index in [1.807, 2.05) is 0 Å². The molecule has 0 spiro atoms. The number of rotatable bonds is 4. The molecule has 1 rings (SSSR count). The van der Waals surface area contributed by atoms with Crippen LogP contribution in [0.2, 0.25) is 0 Å². The van der Waals surface area contributed by atoms with E-state index < -0.39 is 0 Å². The summed E-state index contributed by atoms with van der Waals surface area (Å²) in [7, 11) is 0. The predicted octanol–water partition coefficient (Wildman–Crippen LogP) is 2.35. The molecule has 0 radical (unpaired) electrons. The quantitative estimate of drug-likeness (QED) is 0.560. The molecule has 68 valence electrons. The van der Waals surface area contributed by atoms with Crippen LogP contribution >= 0.6 is 23.4 Å². The van der Waals surface area contributed by atoms with Gasteiger partial charge < -0.3 is 4.42 Å². The summed E-state index contributed by atoms with van der Waals surface area (Å²) >= 11 is 7.19. The first-order chi connectivity index (χ1) is 5.72. The molecule has 0 aliphatic rings. The number of thioether (sulfide) groups is 1. The molecule has 3 nitrogen and oxygen atoms in total. The molecule has 0 saturated carbocycles. The van der Waals surface area contributed by atoms with Gasteiger partial charge in [0, 0.05) is 18.6 Å². The van der Waals surface area contributed by atoms with Crippen molar-refractivity contribution in [1.29, 1.82) is 0 Å². The lowest BCUT2D eigenvalue weighted by Crippen LogP contribution is -1.98. The summed E-state index contributed by atoms with van der Waals surface area (Å²) in [6, 6.07) is 0. The van der Waals surface area contributed by atoms with E-state index in [0.717, 1.165) is 5.75 Å². The molecule has 1 heterocycles. The molecule has 5 heteroatoms. The minimum atomic E-state index is 0.476. The topological polar surface area (TPSA) is 38.9 Å². The summed E-state index contributed by atoms with van der Waals surface area (Å²) in [5, 5.41) is 8.20. The van der Waals surface area contributed by atoms with Crippen molar-refractivity contribution in [2.45, 2.75) is 19.1 Å². The van der Waals surface area contributed by atoms with E-state index in [9.17, 15) is 0 Å². The van der Waals surface area contributed by atoms with E-state index in [1.54, 1.807) is 18.7 Å². The van der Waals surface area contributed by atoms with Crippen LogP contribution in [0, 0.1) is 12.8 Å². The molecule has 0 aliphatic heterocycles. The van der Waals surface area contributed by atoms with Crippen LogP contribution in [0.15, 0.2) is 9.64 Å². The van der Waals surface area contributed by atoms with Crippen molar-refractivity contribution < 1.29 is 4.42 Å². The fourth-order valence-corrected chi connectivity index (χ4v) is 1.66. The summed E-state index contributed by atoms with van der Waals surface area (Å²) in [4.78, 5) is 0. The van der Waals surface area contributed by atoms with Gasteiger partial charge in [-0.1, -0.05) is 18.7 Å². The van der Waals surface area contributed by atoms with Crippen LogP contribution in [0.3, 0.4) is 0 Å². The molecule has 0 bridgehead atoms. The van der Waals surface area contributed by atoms with Crippen LogP contribution < -0.4 is 0 Å². The van der Waals surface area contributed by atoms with Gasteiger partial charge in [0.2, 0.25) is 5.89 Å². The first-order valence-corrected chi connectivity index (χ1v) is 5.23. The van der Waals surface area contributed by atoms with Crippen molar-refractivity contribution in [3.63, 3.8) is 0 Å². The van der Waals surface area contributed by atoms with Crippen LogP contribution in [0.1, 0.15) is 12.8 Å². The number of halogens is 1. The van der Waals surface area contributed by atoms with Gasteiger partial charge in [0.25, 0.3) is 5.22 Å². The third-order valence-corrected chi connectivity index (χ3v) is 2.94. The van der Waals surface area contributed by atoms with Crippen LogP contribution in [0.4, 0.5) is 0 Å². The number of aromatic nitrogens is 2. The number of nitrogens with zero attached hydrogens (tertiary/aromatic N) is 2. The van der Waals surface area contributed by atoms with Gasteiger partial charge in [0.1, 0.15) is 0 Å². The summed E-state index contributed by atoms with van der Waals surface area (Å²) < 4.78 is 5.18. The zero-order valence-corrected chi connectivity index (χ0v) is 8.65. The van der Waals surface area contributed by atoms with Crippen molar-refractivity contribution >= 4 is 23.4 Å². The summed E-state index contributed by atoms with van der Waals surface area (Å²) in [5.41, 5.74) is 0. The molecule has 0 aromatic carbocycles. The maximum absolute atomic E-state index is 5.64. The van der Waals surface area contributed by atoms with Crippen LogP contribution in [-0.4, -0.2) is 21.8 Å². The highest BCUT2D eigenvalue weighted by Crippen LogP contribution is 2.19. The van der Waals surface area contributed by atoms with Crippen molar-refractivity contribution in [2.75, 3.05) is 11.6 Å². The first-order valence-electron chi connectivity index (χ1n) is 3.71. The third kappa shape index (κ3) is 3.03. The summed E-state index contributed by atoms with van der Waals surface area (Å²) in [6.07, 6.45) is 0. The molecule has 1 atom stereocenters. The zero-order valence-electron chi connectivity index (χ0n) is 7.08. The predicted molar refractivity (Wildman–Crippen MR) is 49.6 cm³/mol. The van der Waals surface area contributed by atoms with E-state index in [2.05, 4.69) is 17.1 Å². The Morgan fingerprint density at radius 1 is 1.58 bits per heavy atom. The van der Waals surface area contributed by atoms with Crippen LogP contribution in [0.5, 0.6) is 0 Å². The minimum absolute atomic E-state index is 0.476. The Hall–Kier alpha value is -0.220. The smallest absolute Gasteiger partial charge is 0.276 e. The zero-order chi connectivity index (χ0) is 8.97. The fourth-order valence-electron chi connectivity index (χ4n) is 0.595. The Kier molecular flexibility index (Phi) is 3.88. The molecule has 0 N–H and O–H groups in total. The van der Waals surface area contributed by atoms with Gasteiger partial charge >= 0.3 is 0 Å². The van der Waals surface area contributed by atoms with Gasteiger partial charge in [-0.3, -0.25) is 0 Å². The maximum atomic E-state index is 5.64. The maximum Gasteiger partial charge on any atom is 0.276 e. The molecule has 0 aliphatic carbocycles. The first kappa shape index (κ1) is 9.86. The van der Waals surface area contributed by atoms with Gasteiger partial charge in [-0.05, 0) is 5.92 Å². The van der Waals surface area contributed by atoms with Gasteiger partial charge in [-0.2, -0.15) is 0 Å². The Bertz CT molecular complexity index is 241. The Morgan fingerprint density at radius 2 is 2.33 bits per heavy atom. The monoisotopic (exact) mass is 206 g/mol. The minimum Gasteiger partial charge on any atom is -0.416 e. The second-order valence-electron chi connectivity index (χ2n) is 2.66. The Labute approximate surface area is 80.9 Å². The lowest BCUT2D eigenvalue weighted by Gasteiger charge is -2.02. The van der Waals surface area contributed by atoms with Gasteiger partial charge in [-0.15, -0.1) is 21.8 Å². The second-order valence-corrected chi connectivity index (χ2v) is 3.94. The Balaban J connectivity index is 2.33. The Morgan fingerprint density at radius 3 is 2.83 bits per heavy atom. The van der Waals surface area contributed by atoms with Gasteiger partial charge in [0.15, 0.2) is 0 Å². The second kappa shape index (κ2) is 4.72. The average molecular weight is 207 g/mol. The fraction of sp³-hybridized carbons (Fsp3) is 0.714. The number of hydrogen-bond acceptors (Lipinski definition) is 4. The summed E-state index contributed by atoms with van der Waals surface area (Å²) in [6.45, 7) is 3.87. The van der Waals surface area contributed by atoms with E-state index in [4.69, 9.17) is 16.0 Å². The van der Waals surface area contributed by atoms with Crippen LogP contribution in [0.25, 0.3) is 0 Å². The highest BCUT2D eigenvalue weighted by Gasteiger charge is 2.05. The highest BCUT2D eigenvalue weighted by atomic mass is 35.5.